The van der Waals surface area contributed by atoms with Gasteiger partial charge in [0.25, 0.3) is 0 Å². The first-order chi connectivity index (χ1) is 9.02. The van der Waals surface area contributed by atoms with Crippen LogP contribution in [0.15, 0.2) is 10.7 Å². The predicted molar refractivity (Wildman–Crippen MR) is 77.5 cm³/mol. The van der Waals surface area contributed by atoms with Gasteiger partial charge in [0.2, 0.25) is 5.78 Å². The normalized spacial score (nSPS) is 18.2. The summed E-state index contributed by atoms with van der Waals surface area (Å²) in [6.07, 6.45) is 5.44. The Morgan fingerprint density at radius 1 is 1.53 bits per heavy atom. The number of ketones is 1. The minimum absolute atomic E-state index is 0.0740. The molecular weight excluding hydrogens is 308 g/mol. The van der Waals surface area contributed by atoms with E-state index in [9.17, 15) is 4.79 Å². The first kappa shape index (κ1) is 14.7. The lowest BCUT2D eigenvalue weighted by atomic mass is 9.93. The molecule has 1 aliphatic carbocycles. The second-order valence-electron chi connectivity index (χ2n) is 5.34. The standard InChI is InChI=1S/C14H21BrN2O2/c1-4-19-14(7-5-6-8-14)13(18)12-11(15)9-16-17(12)10(2)3/h9-10H,4-8H2,1-3H3. The molecule has 1 aliphatic rings. The van der Waals surface area contributed by atoms with Gasteiger partial charge in [0.1, 0.15) is 11.3 Å². The van der Waals surface area contributed by atoms with Crippen LogP contribution >= 0.6 is 15.9 Å². The number of Topliss-reactive ketones (excluding diaryl/α,β-unsaturated/α-hetero) is 1. The first-order valence-corrected chi connectivity index (χ1v) is 7.73. The second kappa shape index (κ2) is 5.75. The summed E-state index contributed by atoms with van der Waals surface area (Å²) >= 11 is 3.45. The molecule has 0 spiro atoms. The number of rotatable bonds is 5. The lowest BCUT2D eigenvalue weighted by molar-refractivity contribution is -0.0172. The fraction of sp³-hybridized carbons (Fsp3) is 0.714. The summed E-state index contributed by atoms with van der Waals surface area (Å²) in [5.41, 5.74) is 0.00887. The Labute approximate surface area is 122 Å². The van der Waals surface area contributed by atoms with Crippen molar-refractivity contribution >= 4 is 21.7 Å². The summed E-state index contributed by atoms with van der Waals surface area (Å²) < 4.78 is 8.40. The molecule has 4 nitrogen and oxygen atoms in total. The topological polar surface area (TPSA) is 44.1 Å². The van der Waals surface area contributed by atoms with E-state index in [1.165, 1.54) is 0 Å². The Morgan fingerprint density at radius 2 is 2.16 bits per heavy atom. The quantitative estimate of drug-likeness (QED) is 0.773. The molecule has 0 bridgehead atoms. The summed E-state index contributed by atoms with van der Waals surface area (Å²) in [5, 5.41) is 4.29. The van der Waals surface area contributed by atoms with Crippen molar-refractivity contribution in [2.24, 2.45) is 0 Å². The number of ether oxygens (including phenoxy) is 1. The van der Waals surface area contributed by atoms with E-state index in [4.69, 9.17) is 4.74 Å². The molecule has 0 amide bonds. The highest BCUT2D eigenvalue weighted by Crippen LogP contribution is 2.38. The van der Waals surface area contributed by atoms with E-state index >= 15 is 0 Å². The third kappa shape index (κ3) is 2.63. The number of hydrogen-bond acceptors (Lipinski definition) is 3. The molecule has 106 valence electrons. The van der Waals surface area contributed by atoms with Crippen molar-refractivity contribution in [2.45, 2.75) is 58.1 Å². The van der Waals surface area contributed by atoms with Crippen molar-refractivity contribution in [3.05, 3.63) is 16.4 Å². The van der Waals surface area contributed by atoms with Crippen LogP contribution in [0.5, 0.6) is 0 Å². The molecule has 0 unspecified atom stereocenters. The van der Waals surface area contributed by atoms with Crippen molar-refractivity contribution in [3.8, 4) is 0 Å². The summed E-state index contributed by atoms with van der Waals surface area (Å²) in [4.78, 5) is 13.0. The number of halogens is 1. The molecule has 1 aromatic heterocycles. The zero-order valence-electron chi connectivity index (χ0n) is 11.8. The van der Waals surface area contributed by atoms with E-state index < -0.39 is 5.60 Å². The minimum Gasteiger partial charge on any atom is -0.367 e. The lowest BCUT2D eigenvalue weighted by Crippen LogP contribution is -2.40. The van der Waals surface area contributed by atoms with Crippen LogP contribution in [0.2, 0.25) is 0 Å². The number of carbonyl (C=O) groups excluding carboxylic acids is 1. The van der Waals surface area contributed by atoms with Gasteiger partial charge in [-0.1, -0.05) is 0 Å². The molecule has 1 fully saturated rings. The van der Waals surface area contributed by atoms with Gasteiger partial charge in [0, 0.05) is 12.6 Å². The number of aromatic nitrogens is 2. The molecule has 0 saturated heterocycles. The Hall–Kier alpha value is -0.680. The van der Waals surface area contributed by atoms with Crippen LogP contribution in [-0.4, -0.2) is 27.8 Å². The Kier molecular flexibility index (Phi) is 4.46. The van der Waals surface area contributed by atoms with Crippen molar-refractivity contribution in [2.75, 3.05) is 6.61 Å². The van der Waals surface area contributed by atoms with Crippen molar-refractivity contribution in [1.29, 1.82) is 0 Å². The highest BCUT2D eigenvalue weighted by molar-refractivity contribution is 9.10. The summed E-state index contributed by atoms with van der Waals surface area (Å²) in [7, 11) is 0. The van der Waals surface area contributed by atoms with Crippen LogP contribution in [-0.2, 0) is 4.74 Å². The van der Waals surface area contributed by atoms with Crippen LogP contribution in [0.4, 0.5) is 0 Å². The van der Waals surface area contributed by atoms with E-state index in [1.54, 1.807) is 10.9 Å². The molecule has 0 radical (unpaired) electrons. The van der Waals surface area contributed by atoms with Gasteiger partial charge >= 0.3 is 0 Å². The van der Waals surface area contributed by atoms with Crippen molar-refractivity contribution < 1.29 is 9.53 Å². The highest BCUT2D eigenvalue weighted by atomic mass is 79.9. The molecule has 1 heterocycles. The van der Waals surface area contributed by atoms with E-state index in [-0.39, 0.29) is 11.8 Å². The van der Waals surface area contributed by atoms with Gasteiger partial charge in [-0.3, -0.25) is 9.48 Å². The van der Waals surface area contributed by atoms with Crippen LogP contribution in [0, 0.1) is 0 Å². The maximum absolute atomic E-state index is 13.0. The molecule has 1 saturated carbocycles. The number of hydrogen-bond donors (Lipinski definition) is 0. The molecule has 19 heavy (non-hydrogen) atoms. The Morgan fingerprint density at radius 3 is 2.68 bits per heavy atom. The van der Waals surface area contributed by atoms with Gasteiger partial charge in [-0.25, -0.2) is 0 Å². The molecule has 0 aromatic carbocycles. The third-order valence-corrected chi connectivity index (χ3v) is 4.28. The zero-order valence-corrected chi connectivity index (χ0v) is 13.4. The van der Waals surface area contributed by atoms with Gasteiger partial charge in [-0.15, -0.1) is 0 Å². The maximum Gasteiger partial charge on any atom is 0.213 e. The maximum atomic E-state index is 13.0. The fourth-order valence-electron chi connectivity index (χ4n) is 2.82. The van der Waals surface area contributed by atoms with E-state index in [0.29, 0.717) is 12.3 Å². The van der Waals surface area contributed by atoms with E-state index in [0.717, 1.165) is 30.2 Å². The van der Waals surface area contributed by atoms with Gasteiger partial charge < -0.3 is 4.74 Å². The molecule has 5 heteroatoms. The van der Waals surface area contributed by atoms with Crippen molar-refractivity contribution in [3.63, 3.8) is 0 Å². The van der Waals surface area contributed by atoms with Gasteiger partial charge in [-0.2, -0.15) is 5.10 Å². The van der Waals surface area contributed by atoms with E-state index in [1.807, 2.05) is 20.8 Å². The number of nitrogens with zero attached hydrogens (tertiary/aromatic N) is 2. The number of carbonyl (C=O) groups is 1. The third-order valence-electron chi connectivity index (χ3n) is 3.70. The van der Waals surface area contributed by atoms with Crippen LogP contribution in [0.25, 0.3) is 0 Å². The molecule has 2 rings (SSSR count). The SMILES string of the molecule is CCOC1(C(=O)c2c(Br)cnn2C(C)C)CCCC1. The smallest absolute Gasteiger partial charge is 0.213 e. The largest absolute Gasteiger partial charge is 0.367 e. The molecular formula is C14H21BrN2O2. The summed E-state index contributed by atoms with van der Waals surface area (Å²) in [6, 6.07) is 0.158. The molecule has 0 N–H and O–H groups in total. The second-order valence-corrected chi connectivity index (χ2v) is 6.20. The first-order valence-electron chi connectivity index (χ1n) is 6.93. The minimum atomic E-state index is -0.635. The van der Waals surface area contributed by atoms with Crippen molar-refractivity contribution in [1.82, 2.24) is 9.78 Å². The van der Waals surface area contributed by atoms with Gasteiger partial charge in [-0.05, 0) is 62.4 Å². The van der Waals surface area contributed by atoms with Crippen LogP contribution in [0.3, 0.4) is 0 Å². The average Bonchev–Trinajstić information content (AvgIpc) is 2.96. The zero-order chi connectivity index (χ0) is 14.0. The molecule has 1 aromatic rings. The van der Waals surface area contributed by atoms with Crippen LogP contribution in [0.1, 0.15) is 63.0 Å². The summed E-state index contributed by atoms with van der Waals surface area (Å²) in [6.45, 7) is 6.57. The average molecular weight is 329 g/mol. The lowest BCUT2D eigenvalue weighted by Gasteiger charge is -2.28. The molecule has 0 aliphatic heterocycles. The summed E-state index contributed by atoms with van der Waals surface area (Å²) in [5.74, 6) is 0.0740. The predicted octanol–water partition coefficient (Wildman–Crippen LogP) is 3.76. The van der Waals surface area contributed by atoms with Gasteiger partial charge in [0.15, 0.2) is 0 Å². The Balaban J connectivity index is 2.40. The van der Waals surface area contributed by atoms with Gasteiger partial charge in [0.05, 0.1) is 10.7 Å². The monoisotopic (exact) mass is 328 g/mol. The fourth-order valence-corrected chi connectivity index (χ4v) is 3.27. The molecule has 0 atom stereocenters. The van der Waals surface area contributed by atoms with Crippen LogP contribution < -0.4 is 0 Å². The highest BCUT2D eigenvalue weighted by Gasteiger charge is 2.44. The Bertz CT molecular complexity index is 462. The van der Waals surface area contributed by atoms with E-state index in [2.05, 4.69) is 21.0 Å².